The van der Waals surface area contributed by atoms with E-state index in [2.05, 4.69) is 29.4 Å². The zero-order chi connectivity index (χ0) is 10.3. The van der Waals surface area contributed by atoms with Crippen LogP contribution in [0.2, 0.25) is 0 Å². The third kappa shape index (κ3) is 1.85. The van der Waals surface area contributed by atoms with E-state index < -0.39 is 0 Å². The van der Waals surface area contributed by atoms with E-state index in [4.69, 9.17) is 0 Å². The molecule has 1 N–H and O–H groups in total. The average molecular weight is 202 g/mol. The van der Waals surface area contributed by atoms with Crippen LogP contribution in [0.4, 0.5) is 5.82 Å². The Morgan fingerprint density at radius 2 is 2.20 bits per heavy atom. The minimum atomic E-state index is 0.659. The third-order valence-corrected chi connectivity index (χ3v) is 3.87. The van der Waals surface area contributed by atoms with Crippen molar-refractivity contribution in [1.29, 1.82) is 0 Å². The Morgan fingerprint density at radius 1 is 1.40 bits per heavy atom. The zero-order valence-corrected chi connectivity index (χ0v) is 9.29. The molecule has 0 saturated heterocycles. The highest BCUT2D eigenvalue weighted by Crippen LogP contribution is 2.61. The van der Waals surface area contributed by atoms with Crippen molar-refractivity contribution in [2.75, 3.05) is 11.9 Å². The number of aromatic nitrogens is 1. The molecular formula is C13H18N2. The number of hydrogen-bond donors (Lipinski definition) is 1. The lowest BCUT2D eigenvalue weighted by Gasteiger charge is -2.15. The molecule has 1 heterocycles. The summed E-state index contributed by atoms with van der Waals surface area (Å²) in [6, 6.07) is 4.20. The molecule has 3 rings (SSSR count). The second kappa shape index (κ2) is 3.22. The molecule has 80 valence electrons. The lowest BCUT2D eigenvalue weighted by Crippen LogP contribution is -2.17. The monoisotopic (exact) mass is 202 g/mol. The standard InChI is InChI=1S/C13H18N2/c1-10-2-5-12(14-8-10)15-9-13(6-7-13)11-3-4-11/h2,5,8,11H,3-4,6-7,9H2,1H3,(H,14,15). The normalized spacial score (nSPS) is 22.5. The van der Waals surface area contributed by atoms with E-state index in [-0.39, 0.29) is 0 Å². The van der Waals surface area contributed by atoms with Crippen LogP contribution in [0, 0.1) is 18.3 Å². The first-order chi connectivity index (χ1) is 7.28. The maximum Gasteiger partial charge on any atom is 0.125 e. The van der Waals surface area contributed by atoms with Gasteiger partial charge in [0.25, 0.3) is 0 Å². The van der Waals surface area contributed by atoms with Gasteiger partial charge < -0.3 is 5.32 Å². The number of hydrogen-bond acceptors (Lipinski definition) is 2. The maximum absolute atomic E-state index is 4.38. The van der Waals surface area contributed by atoms with E-state index in [0.717, 1.165) is 18.3 Å². The number of nitrogens with zero attached hydrogens (tertiary/aromatic N) is 1. The summed E-state index contributed by atoms with van der Waals surface area (Å²) in [5.41, 5.74) is 1.89. The van der Waals surface area contributed by atoms with Crippen molar-refractivity contribution in [1.82, 2.24) is 4.98 Å². The van der Waals surface area contributed by atoms with Gasteiger partial charge in [-0.15, -0.1) is 0 Å². The summed E-state index contributed by atoms with van der Waals surface area (Å²) in [5.74, 6) is 2.06. The van der Waals surface area contributed by atoms with Crippen molar-refractivity contribution in [2.45, 2.75) is 32.6 Å². The Balaban J connectivity index is 1.59. The van der Waals surface area contributed by atoms with Gasteiger partial charge in [0, 0.05) is 12.7 Å². The van der Waals surface area contributed by atoms with Gasteiger partial charge in [-0.3, -0.25) is 0 Å². The molecule has 15 heavy (non-hydrogen) atoms. The van der Waals surface area contributed by atoms with Crippen molar-refractivity contribution in [2.24, 2.45) is 11.3 Å². The van der Waals surface area contributed by atoms with Crippen LogP contribution in [0.3, 0.4) is 0 Å². The van der Waals surface area contributed by atoms with Crippen molar-refractivity contribution < 1.29 is 0 Å². The predicted octanol–water partition coefficient (Wildman–Crippen LogP) is 2.99. The zero-order valence-electron chi connectivity index (χ0n) is 9.29. The molecule has 2 aliphatic rings. The summed E-state index contributed by atoms with van der Waals surface area (Å²) in [7, 11) is 0. The van der Waals surface area contributed by atoms with Crippen LogP contribution < -0.4 is 5.32 Å². The minimum Gasteiger partial charge on any atom is -0.370 e. The van der Waals surface area contributed by atoms with Crippen LogP contribution in [0.1, 0.15) is 31.2 Å². The van der Waals surface area contributed by atoms with Crippen LogP contribution in [0.15, 0.2) is 18.3 Å². The van der Waals surface area contributed by atoms with Gasteiger partial charge in [-0.25, -0.2) is 4.98 Å². The van der Waals surface area contributed by atoms with Crippen LogP contribution in [0.5, 0.6) is 0 Å². The topological polar surface area (TPSA) is 24.9 Å². The first kappa shape index (κ1) is 9.20. The molecule has 1 aromatic rings. The van der Waals surface area contributed by atoms with E-state index in [1.54, 1.807) is 0 Å². The van der Waals surface area contributed by atoms with Crippen LogP contribution >= 0.6 is 0 Å². The van der Waals surface area contributed by atoms with Gasteiger partial charge >= 0.3 is 0 Å². The summed E-state index contributed by atoms with van der Waals surface area (Å²) in [6.07, 6.45) is 7.71. The first-order valence-corrected chi connectivity index (χ1v) is 5.95. The second-order valence-corrected chi connectivity index (χ2v) is 5.21. The molecule has 2 heteroatoms. The fraction of sp³-hybridized carbons (Fsp3) is 0.615. The van der Waals surface area contributed by atoms with Crippen LogP contribution in [-0.2, 0) is 0 Å². The Kier molecular flexibility index (Phi) is 1.98. The summed E-state index contributed by atoms with van der Waals surface area (Å²) >= 11 is 0. The summed E-state index contributed by atoms with van der Waals surface area (Å²) in [5, 5.41) is 3.48. The van der Waals surface area contributed by atoms with Crippen molar-refractivity contribution in [3.05, 3.63) is 23.9 Å². The van der Waals surface area contributed by atoms with Crippen molar-refractivity contribution in [3.63, 3.8) is 0 Å². The van der Waals surface area contributed by atoms with E-state index >= 15 is 0 Å². The van der Waals surface area contributed by atoms with Crippen molar-refractivity contribution in [3.8, 4) is 0 Å². The molecule has 0 amide bonds. The lowest BCUT2D eigenvalue weighted by molar-refractivity contribution is 0.466. The molecular weight excluding hydrogens is 184 g/mol. The predicted molar refractivity (Wildman–Crippen MR) is 61.9 cm³/mol. The summed E-state index contributed by atoms with van der Waals surface area (Å²) in [6.45, 7) is 3.21. The smallest absolute Gasteiger partial charge is 0.125 e. The molecule has 0 radical (unpaired) electrons. The molecule has 2 saturated carbocycles. The molecule has 0 aliphatic heterocycles. The van der Waals surface area contributed by atoms with Gasteiger partial charge in [-0.2, -0.15) is 0 Å². The molecule has 2 aliphatic carbocycles. The molecule has 2 fully saturated rings. The molecule has 0 atom stereocenters. The largest absolute Gasteiger partial charge is 0.370 e. The highest BCUT2D eigenvalue weighted by atomic mass is 15.0. The molecule has 2 nitrogen and oxygen atoms in total. The van der Waals surface area contributed by atoms with E-state index in [1.807, 2.05) is 6.20 Å². The second-order valence-electron chi connectivity index (χ2n) is 5.21. The molecule has 0 aromatic carbocycles. The highest BCUT2D eigenvalue weighted by Gasteiger charge is 2.53. The SMILES string of the molecule is Cc1ccc(NCC2(C3CC3)CC2)nc1. The van der Waals surface area contributed by atoms with Crippen LogP contribution in [-0.4, -0.2) is 11.5 Å². The number of anilines is 1. The van der Waals surface area contributed by atoms with Gasteiger partial charge in [-0.1, -0.05) is 6.07 Å². The Labute approximate surface area is 91.1 Å². The Hall–Kier alpha value is -1.05. The highest BCUT2D eigenvalue weighted by molar-refractivity contribution is 5.36. The molecule has 0 spiro atoms. The first-order valence-electron chi connectivity index (χ1n) is 5.95. The van der Waals surface area contributed by atoms with E-state index in [1.165, 1.54) is 31.2 Å². The quantitative estimate of drug-likeness (QED) is 0.812. The lowest BCUT2D eigenvalue weighted by atomic mass is 10.0. The number of pyridine rings is 1. The van der Waals surface area contributed by atoms with E-state index in [9.17, 15) is 0 Å². The minimum absolute atomic E-state index is 0.659. The van der Waals surface area contributed by atoms with Gasteiger partial charge in [0.15, 0.2) is 0 Å². The fourth-order valence-electron chi connectivity index (χ4n) is 2.42. The molecule has 1 aromatic heterocycles. The van der Waals surface area contributed by atoms with Gasteiger partial charge in [0.1, 0.15) is 5.82 Å². The third-order valence-electron chi connectivity index (χ3n) is 3.87. The Morgan fingerprint density at radius 3 is 2.73 bits per heavy atom. The average Bonchev–Trinajstić information content (AvgIpc) is 3.10. The van der Waals surface area contributed by atoms with E-state index in [0.29, 0.717) is 5.41 Å². The molecule has 0 bridgehead atoms. The van der Waals surface area contributed by atoms with Gasteiger partial charge in [0.2, 0.25) is 0 Å². The Bertz CT molecular complexity index is 347. The summed E-state index contributed by atoms with van der Waals surface area (Å²) in [4.78, 5) is 4.38. The van der Waals surface area contributed by atoms with Gasteiger partial charge in [0.05, 0.1) is 0 Å². The van der Waals surface area contributed by atoms with Gasteiger partial charge in [-0.05, 0) is 55.6 Å². The summed E-state index contributed by atoms with van der Waals surface area (Å²) < 4.78 is 0. The molecule has 0 unspecified atom stereocenters. The fourth-order valence-corrected chi connectivity index (χ4v) is 2.42. The number of nitrogens with one attached hydrogen (secondary N) is 1. The number of rotatable bonds is 4. The van der Waals surface area contributed by atoms with Crippen LogP contribution in [0.25, 0.3) is 0 Å². The number of aryl methyl sites for hydroxylation is 1. The maximum atomic E-state index is 4.38. The van der Waals surface area contributed by atoms with Crippen molar-refractivity contribution >= 4 is 5.82 Å².